The van der Waals surface area contributed by atoms with Crippen LogP contribution in [0.5, 0.6) is 0 Å². The van der Waals surface area contributed by atoms with Crippen LogP contribution in [0, 0.1) is 13.8 Å². The third-order valence-corrected chi connectivity index (χ3v) is 6.52. The number of benzene rings is 1. The molecule has 1 saturated heterocycles. The molecule has 1 fully saturated rings. The fourth-order valence-corrected chi connectivity index (χ4v) is 4.88. The second-order valence-electron chi connectivity index (χ2n) is 8.77. The largest absolute Gasteiger partial charge is 0.321 e. The number of fused-ring (bicyclic) bond motifs is 1. The van der Waals surface area contributed by atoms with Gasteiger partial charge in [-0.15, -0.1) is 11.3 Å². The second-order valence-corrected chi connectivity index (χ2v) is 9.77. The summed E-state index contributed by atoms with van der Waals surface area (Å²) in [5.74, 6) is 0.739. The summed E-state index contributed by atoms with van der Waals surface area (Å²) < 4.78 is 0. The first-order valence-electron chi connectivity index (χ1n) is 10.1. The zero-order valence-corrected chi connectivity index (χ0v) is 18.8. The summed E-state index contributed by atoms with van der Waals surface area (Å²) in [6.07, 6.45) is 1.45. The second kappa shape index (κ2) is 7.47. The van der Waals surface area contributed by atoms with Crippen molar-refractivity contribution in [1.82, 2.24) is 9.97 Å². The number of amides is 2. The van der Waals surface area contributed by atoms with Crippen molar-refractivity contribution in [2.45, 2.75) is 52.9 Å². The van der Waals surface area contributed by atoms with Crippen LogP contribution in [0.15, 0.2) is 24.3 Å². The van der Waals surface area contributed by atoms with Crippen LogP contribution in [0.2, 0.25) is 0 Å². The van der Waals surface area contributed by atoms with Crippen LogP contribution < -0.4 is 10.2 Å². The molecule has 0 radical (unpaired) electrons. The molecule has 0 unspecified atom stereocenters. The van der Waals surface area contributed by atoms with Gasteiger partial charge in [0.15, 0.2) is 0 Å². The van der Waals surface area contributed by atoms with Gasteiger partial charge in [0.05, 0.1) is 10.6 Å². The molecule has 7 heteroatoms. The number of nitrogens with zero attached hydrogens (tertiary/aromatic N) is 3. The zero-order chi connectivity index (χ0) is 21.6. The van der Waals surface area contributed by atoms with Gasteiger partial charge < -0.3 is 10.2 Å². The Bertz CT molecular complexity index is 1160. The third-order valence-electron chi connectivity index (χ3n) is 5.34. The molecule has 156 valence electrons. The predicted molar refractivity (Wildman–Crippen MR) is 122 cm³/mol. The molecular formula is C23H26N4O2S. The number of nitrogens with one attached hydrogen (secondary N) is 1. The number of hydrogen-bond acceptors (Lipinski definition) is 5. The first-order valence-corrected chi connectivity index (χ1v) is 11.0. The Kier molecular flexibility index (Phi) is 5.10. The highest BCUT2D eigenvalue weighted by atomic mass is 32.1. The zero-order valence-electron chi connectivity index (χ0n) is 18.0. The number of rotatable bonds is 3. The van der Waals surface area contributed by atoms with E-state index >= 15 is 0 Å². The maximum Gasteiger partial charge on any atom is 0.266 e. The lowest BCUT2D eigenvalue weighted by atomic mass is 9.95. The van der Waals surface area contributed by atoms with Crippen molar-refractivity contribution < 1.29 is 9.59 Å². The van der Waals surface area contributed by atoms with Gasteiger partial charge >= 0.3 is 0 Å². The van der Waals surface area contributed by atoms with Crippen LogP contribution in [0.3, 0.4) is 0 Å². The minimum absolute atomic E-state index is 0.127. The molecule has 0 spiro atoms. The van der Waals surface area contributed by atoms with Gasteiger partial charge in [0.1, 0.15) is 10.7 Å². The molecule has 30 heavy (non-hydrogen) atoms. The van der Waals surface area contributed by atoms with Crippen LogP contribution in [0.25, 0.3) is 10.2 Å². The molecule has 4 rings (SSSR count). The maximum atomic E-state index is 13.1. The number of aryl methyl sites for hydroxylation is 2. The molecule has 2 aromatic heterocycles. The van der Waals surface area contributed by atoms with Crippen molar-refractivity contribution in [3.8, 4) is 0 Å². The summed E-state index contributed by atoms with van der Waals surface area (Å²) in [7, 11) is 0. The Hall–Kier alpha value is -2.80. The Labute approximate surface area is 180 Å². The number of hydrogen-bond donors (Lipinski definition) is 1. The number of carbonyl (C=O) groups is 2. The van der Waals surface area contributed by atoms with E-state index < -0.39 is 0 Å². The predicted octanol–water partition coefficient (Wildman–Crippen LogP) is 4.98. The minimum Gasteiger partial charge on any atom is -0.321 e. The molecule has 0 saturated carbocycles. The van der Waals surface area contributed by atoms with Crippen molar-refractivity contribution in [2.24, 2.45) is 0 Å². The van der Waals surface area contributed by atoms with Gasteiger partial charge in [0.25, 0.3) is 5.91 Å². The van der Waals surface area contributed by atoms with Crippen molar-refractivity contribution in [3.05, 3.63) is 46.2 Å². The topological polar surface area (TPSA) is 75.2 Å². The molecule has 0 atom stereocenters. The Morgan fingerprint density at radius 3 is 2.63 bits per heavy atom. The molecule has 3 aromatic rings. The van der Waals surface area contributed by atoms with Gasteiger partial charge in [0.2, 0.25) is 5.91 Å². The average molecular weight is 423 g/mol. The lowest BCUT2D eigenvalue weighted by Crippen LogP contribution is -2.23. The standard InChI is InChI=1S/C23H26N4O2S/c1-13-18-14(2)24-22(23(3,4)5)26-21(18)30-19(13)20(29)25-15-8-6-9-16(12-15)27-11-7-10-17(27)28/h6,8-9,12H,7,10-11H2,1-5H3,(H,25,29). The highest BCUT2D eigenvalue weighted by molar-refractivity contribution is 7.20. The van der Waals surface area contributed by atoms with E-state index in [0.717, 1.165) is 46.0 Å². The summed E-state index contributed by atoms with van der Waals surface area (Å²) in [5.41, 5.74) is 3.13. The fraction of sp³-hybridized carbons (Fsp3) is 0.391. The van der Waals surface area contributed by atoms with Gasteiger partial charge in [-0.05, 0) is 44.0 Å². The van der Waals surface area contributed by atoms with Crippen LogP contribution in [-0.2, 0) is 10.2 Å². The van der Waals surface area contributed by atoms with E-state index in [1.165, 1.54) is 11.3 Å². The molecule has 1 aliphatic heterocycles. The van der Waals surface area contributed by atoms with E-state index in [0.29, 0.717) is 17.0 Å². The van der Waals surface area contributed by atoms with Crippen LogP contribution in [0.1, 0.15) is 60.4 Å². The summed E-state index contributed by atoms with van der Waals surface area (Å²) >= 11 is 1.40. The maximum absolute atomic E-state index is 13.1. The fourth-order valence-electron chi connectivity index (χ4n) is 3.75. The van der Waals surface area contributed by atoms with Gasteiger partial charge in [-0.2, -0.15) is 0 Å². The Morgan fingerprint density at radius 2 is 1.97 bits per heavy atom. The summed E-state index contributed by atoms with van der Waals surface area (Å²) in [5, 5.41) is 3.94. The van der Waals surface area contributed by atoms with E-state index in [1.54, 1.807) is 4.90 Å². The van der Waals surface area contributed by atoms with Crippen LogP contribution >= 0.6 is 11.3 Å². The minimum atomic E-state index is -0.169. The van der Waals surface area contributed by atoms with E-state index in [-0.39, 0.29) is 17.2 Å². The quantitative estimate of drug-likeness (QED) is 0.646. The first-order chi connectivity index (χ1) is 14.1. The van der Waals surface area contributed by atoms with Crippen molar-refractivity contribution in [2.75, 3.05) is 16.8 Å². The van der Waals surface area contributed by atoms with E-state index in [1.807, 2.05) is 38.1 Å². The number of thiophene rings is 1. The molecule has 6 nitrogen and oxygen atoms in total. The average Bonchev–Trinajstić information content (AvgIpc) is 3.25. The lowest BCUT2D eigenvalue weighted by molar-refractivity contribution is -0.117. The molecule has 0 bridgehead atoms. The molecule has 1 aromatic carbocycles. The summed E-state index contributed by atoms with van der Waals surface area (Å²) in [6.45, 7) is 10.9. The number of aromatic nitrogens is 2. The molecule has 0 aliphatic carbocycles. The molecule has 1 N–H and O–H groups in total. The van der Waals surface area contributed by atoms with Gasteiger partial charge in [-0.3, -0.25) is 9.59 Å². The summed E-state index contributed by atoms with van der Waals surface area (Å²) in [6, 6.07) is 7.45. The molecule has 2 amide bonds. The number of anilines is 2. The lowest BCUT2D eigenvalue weighted by Gasteiger charge is -2.17. The van der Waals surface area contributed by atoms with Crippen molar-refractivity contribution in [3.63, 3.8) is 0 Å². The smallest absolute Gasteiger partial charge is 0.266 e. The van der Waals surface area contributed by atoms with Crippen LogP contribution in [0.4, 0.5) is 11.4 Å². The molecule has 1 aliphatic rings. The van der Waals surface area contributed by atoms with Crippen molar-refractivity contribution in [1.29, 1.82) is 0 Å². The third kappa shape index (κ3) is 3.69. The first kappa shape index (κ1) is 20.5. The number of carbonyl (C=O) groups excluding carboxylic acids is 2. The van der Waals surface area contributed by atoms with E-state index in [9.17, 15) is 9.59 Å². The SMILES string of the molecule is Cc1nc(C(C)(C)C)nc2sc(C(=O)Nc3cccc(N4CCCC4=O)c3)c(C)c12. The van der Waals surface area contributed by atoms with Crippen LogP contribution in [-0.4, -0.2) is 28.3 Å². The summed E-state index contributed by atoms with van der Waals surface area (Å²) in [4.78, 5) is 37.8. The Balaban J connectivity index is 1.65. The normalized spacial score (nSPS) is 14.6. The highest BCUT2D eigenvalue weighted by Gasteiger charge is 2.24. The highest BCUT2D eigenvalue weighted by Crippen LogP contribution is 2.34. The van der Waals surface area contributed by atoms with Crippen molar-refractivity contribution >= 4 is 44.7 Å². The Morgan fingerprint density at radius 1 is 1.20 bits per heavy atom. The van der Waals surface area contributed by atoms with E-state index in [4.69, 9.17) is 4.98 Å². The van der Waals surface area contributed by atoms with Gasteiger partial charge in [-0.1, -0.05) is 26.8 Å². The van der Waals surface area contributed by atoms with E-state index in [2.05, 4.69) is 31.1 Å². The van der Waals surface area contributed by atoms with Gasteiger partial charge in [0, 0.05) is 35.1 Å². The molecule has 3 heterocycles. The molecular weight excluding hydrogens is 396 g/mol. The van der Waals surface area contributed by atoms with Gasteiger partial charge in [-0.25, -0.2) is 9.97 Å². The monoisotopic (exact) mass is 422 g/mol.